The van der Waals surface area contributed by atoms with E-state index in [2.05, 4.69) is 0 Å². The number of hydrogen-bond donors (Lipinski definition) is 0. The van der Waals surface area contributed by atoms with Crippen molar-refractivity contribution >= 4 is 6.29 Å². The van der Waals surface area contributed by atoms with Gasteiger partial charge in [-0.25, -0.2) is 0 Å². The van der Waals surface area contributed by atoms with Crippen LogP contribution in [0.4, 0.5) is 0 Å². The van der Waals surface area contributed by atoms with Crippen LogP contribution in [0.2, 0.25) is 0 Å². The molecule has 0 bridgehead atoms. The molecule has 0 aromatic heterocycles. The molecule has 0 aliphatic heterocycles. The fourth-order valence-corrected chi connectivity index (χ4v) is 1.70. The predicted molar refractivity (Wildman–Crippen MR) is 62.8 cm³/mol. The van der Waals surface area contributed by atoms with Crippen molar-refractivity contribution in [2.24, 2.45) is 5.92 Å². The van der Waals surface area contributed by atoms with Crippen LogP contribution in [-0.2, 0) is 4.79 Å². The normalized spacial score (nSPS) is 13.8. The minimum Gasteiger partial charge on any atom is -0.497 e. The van der Waals surface area contributed by atoms with Crippen molar-refractivity contribution in [3.05, 3.63) is 39.9 Å². The Morgan fingerprint density at radius 2 is 2.24 bits per heavy atom. The molecule has 0 N–H and O–H groups in total. The van der Waals surface area contributed by atoms with Gasteiger partial charge in [0.1, 0.15) is 12.0 Å². The molecule has 0 saturated heterocycles. The molecular weight excluding hydrogens is 222 g/mol. The van der Waals surface area contributed by atoms with Gasteiger partial charge in [-0.2, -0.15) is 0 Å². The molecular formula is C12H15NO4. The highest BCUT2D eigenvalue weighted by Gasteiger charge is 2.24. The van der Waals surface area contributed by atoms with Crippen LogP contribution >= 0.6 is 0 Å². The third kappa shape index (κ3) is 3.55. The van der Waals surface area contributed by atoms with Crippen molar-refractivity contribution in [3.63, 3.8) is 0 Å². The summed E-state index contributed by atoms with van der Waals surface area (Å²) in [6.45, 7) is 1.42. The zero-order chi connectivity index (χ0) is 12.8. The second kappa shape index (κ2) is 5.98. The topological polar surface area (TPSA) is 69.4 Å². The maximum absolute atomic E-state index is 10.8. The molecule has 5 nitrogen and oxygen atoms in total. The Kier molecular flexibility index (Phi) is 4.63. The van der Waals surface area contributed by atoms with Gasteiger partial charge >= 0.3 is 0 Å². The molecule has 0 aliphatic carbocycles. The molecule has 0 radical (unpaired) electrons. The van der Waals surface area contributed by atoms with E-state index in [9.17, 15) is 14.9 Å². The van der Waals surface area contributed by atoms with Crippen LogP contribution < -0.4 is 4.74 Å². The van der Waals surface area contributed by atoms with E-state index in [1.807, 2.05) is 0 Å². The van der Waals surface area contributed by atoms with Gasteiger partial charge < -0.3 is 9.53 Å². The van der Waals surface area contributed by atoms with E-state index in [0.717, 1.165) is 11.8 Å². The van der Waals surface area contributed by atoms with Crippen molar-refractivity contribution in [3.8, 4) is 5.75 Å². The van der Waals surface area contributed by atoms with E-state index in [4.69, 9.17) is 4.74 Å². The maximum atomic E-state index is 10.8. The molecule has 5 heteroatoms. The number of nitrogens with zero attached hydrogens (tertiary/aromatic N) is 1. The molecule has 0 heterocycles. The summed E-state index contributed by atoms with van der Waals surface area (Å²) in [5.41, 5.74) is 0.751. The van der Waals surface area contributed by atoms with Crippen molar-refractivity contribution in [2.45, 2.75) is 12.8 Å². The van der Waals surface area contributed by atoms with Crippen LogP contribution in [0.1, 0.15) is 18.4 Å². The summed E-state index contributed by atoms with van der Waals surface area (Å²) in [6.07, 6.45) is 0.744. The summed E-state index contributed by atoms with van der Waals surface area (Å²) in [6, 6.07) is 7.03. The number of carbonyl (C=O) groups excluding carboxylic acids is 1. The molecule has 92 valence electrons. The van der Waals surface area contributed by atoms with E-state index in [-0.39, 0.29) is 6.54 Å². The molecule has 1 aromatic rings. The molecule has 17 heavy (non-hydrogen) atoms. The van der Waals surface area contributed by atoms with Gasteiger partial charge in [0.15, 0.2) is 0 Å². The molecule has 1 rings (SSSR count). The average molecular weight is 237 g/mol. The third-order valence-corrected chi connectivity index (χ3v) is 2.72. The maximum Gasteiger partial charge on any atom is 0.211 e. The Morgan fingerprint density at radius 1 is 1.53 bits per heavy atom. The van der Waals surface area contributed by atoms with E-state index in [1.54, 1.807) is 31.2 Å². The van der Waals surface area contributed by atoms with Crippen molar-refractivity contribution in [1.82, 2.24) is 0 Å². The summed E-state index contributed by atoms with van der Waals surface area (Å²) in [5, 5.41) is 10.6. The fourth-order valence-electron chi connectivity index (χ4n) is 1.70. The lowest BCUT2D eigenvalue weighted by atomic mass is 9.88. The van der Waals surface area contributed by atoms with Gasteiger partial charge in [0.05, 0.1) is 13.0 Å². The molecule has 0 saturated carbocycles. The number of methoxy groups -OCH3 is 1. The van der Waals surface area contributed by atoms with Crippen molar-refractivity contribution < 1.29 is 14.5 Å². The van der Waals surface area contributed by atoms with Crippen LogP contribution in [0.3, 0.4) is 0 Å². The van der Waals surface area contributed by atoms with Gasteiger partial charge in [-0.15, -0.1) is 0 Å². The minimum absolute atomic E-state index is 0.257. The number of nitro groups is 1. The first-order chi connectivity index (χ1) is 8.08. The number of hydrogen-bond acceptors (Lipinski definition) is 4. The quantitative estimate of drug-likeness (QED) is 0.430. The zero-order valence-electron chi connectivity index (χ0n) is 9.83. The first-order valence-corrected chi connectivity index (χ1v) is 5.29. The van der Waals surface area contributed by atoms with Gasteiger partial charge in [-0.1, -0.05) is 19.1 Å². The average Bonchev–Trinajstić information content (AvgIpc) is 2.35. The minimum atomic E-state index is -0.419. The molecule has 0 fully saturated rings. The predicted octanol–water partition coefficient (Wildman–Crippen LogP) is 1.89. The Balaban J connectivity index is 3.02. The summed E-state index contributed by atoms with van der Waals surface area (Å²) in [5.74, 6) is -0.181. The van der Waals surface area contributed by atoms with E-state index < -0.39 is 16.8 Å². The van der Waals surface area contributed by atoms with E-state index in [1.165, 1.54) is 7.11 Å². The lowest BCUT2D eigenvalue weighted by Gasteiger charge is -2.16. The second-order valence-electron chi connectivity index (χ2n) is 3.89. The molecule has 0 spiro atoms. The Bertz CT molecular complexity index is 405. The second-order valence-corrected chi connectivity index (χ2v) is 3.89. The molecule has 0 amide bonds. The molecule has 0 unspecified atom stereocenters. The highest BCUT2D eigenvalue weighted by molar-refractivity contribution is 5.55. The zero-order valence-corrected chi connectivity index (χ0v) is 9.83. The van der Waals surface area contributed by atoms with E-state index in [0.29, 0.717) is 5.75 Å². The van der Waals surface area contributed by atoms with Gasteiger partial charge in [-0.05, 0) is 17.7 Å². The standard InChI is InChI=1S/C12H15NO4/c1-9(8-14)12(7-13(15)16)10-4-3-5-11(6-10)17-2/h3-6,8-9,12H,7H2,1-2H3/t9-,12-/m0/s1. The van der Waals surface area contributed by atoms with Crippen LogP contribution in [0.25, 0.3) is 0 Å². The highest BCUT2D eigenvalue weighted by atomic mass is 16.6. The fraction of sp³-hybridized carbons (Fsp3) is 0.417. The van der Waals surface area contributed by atoms with Crippen LogP contribution in [0, 0.1) is 16.0 Å². The number of carbonyl (C=O) groups is 1. The molecule has 1 aromatic carbocycles. The van der Waals surface area contributed by atoms with Crippen LogP contribution in [0.15, 0.2) is 24.3 Å². The largest absolute Gasteiger partial charge is 0.497 e. The Hall–Kier alpha value is -1.91. The molecule has 2 atom stereocenters. The van der Waals surface area contributed by atoms with Gasteiger partial charge in [0, 0.05) is 10.8 Å². The van der Waals surface area contributed by atoms with Gasteiger partial charge in [-0.3, -0.25) is 10.1 Å². The SMILES string of the molecule is COc1cccc([C@@H](C[N+](=O)[O-])[C@@H](C)C=O)c1. The smallest absolute Gasteiger partial charge is 0.211 e. The number of ether oxygens (including phenoxy) is 1. The van der Waals surface area contributed by atoms with Crippen LogP contribution in [0.5, 0.6) is 5.75 Å². The Labute approximate surface area is 99.5 Å². The van der Waals surface area contributed by atoms with E-state index >= 15 is 0 Å². The van der Waals surface area contributed by atoms with Crippen molar-refractivity contribution in [1.29, 1.82) is 0 Å². The number of rotatable bonds is 6. The third-order valence-electron chi connectivity index (χ3n) is 2.72. The number of benzene rings is 1. The monoisotopic (exact) mass is 237 g/mol. The lowest BCUT2D eigenvalue weighted by Crippen LogP contribution is -2.20. The number of aldehydes is 1. The first-order valence-electron chi connectivity index (χ1n) is 5.29. The van der Waals surface area contributed by atoms with Gasteiger partial charge in [0.25, 0.3) is 0 Å². The summed E-state index contributed by atoms with van der Waals surface area (Å²) in [4.78, 5) is 21.0. The van der Waals surface area contributed by atoms with Crippen LogP contribution in [-0.4, -0.2) is 24.9 Å². The van der Waals surface area contributed by atoms with Gasteiger partial charge in [0.2, 0.25) is 6.54 Å². The summed E-state index contributed by atoms with van der Waals surface area (Å²) < 4.78 is 5.07. The lowest BCUT2D eigenvalue weighted by molar-refractivity contribution is -0.484. The molecule has 0 aliphatic rings. The first kappa shape index (κ1) is 13.2. The summed E-state index contributed by atoms with van der Waals surface area (Å²) >= 11 is 0. The van der Waals surface area contributed by atoms with Crippen molar-refractivity contribution in [2.75, 3.05) is 13.7 Å². The highest BCUT2D eigenvalue weighted by Crippen LogP contribution is 2.26. The summed E-state index contributed by atoms with van der Waals surface area (Å²) in [7, 11) is 1.53. The Morgan fingerprint density at radius 3 is 2.76 bits per heavy atom.